The van der Waals surface area contributed by atoms with Gasteiger partial charge in [0.05, 0.1) is 30.7 Å². The number of nitrogens with zero attached hydrogens (tertiary/aromatic N) is 2. The number of carbonyl (C=O) groups is 1. The third kappa shape index (κ3) is 1.67. The highest BCUT2D eigenvalue weighted by Gasteiger charge is 2.11. The molecule has 0 aliphatic heterocycles. The summed E-state index contributed by atoms with van der Waals surface area (Å²) in [5.74, 6) is 0.136. The normalized spacial score (nSPS) is 10.1. The molecule has 0 atom stereocenters. The van der Waals surface area contributed by atoms with Gasteiger partial charge in [-0.25, -0.2) is 14.8 Å². The van der Waals surface area contributed by atoms with Crippen LogP contribution in [0.2, 0.25) is 0 Å². The fourth-order valence-electron chi connectivity index (χ4n) is 1.46. The Morgan fingerprint density at radius 3 is 2.81 bits per heavy atom. The molecule has 16 heavy (non-hydrogen) atoms. The van der Waals surface area contributed by atoms with E-state index in [2.05, 4.69) is 14.7 Å². The number of hydrogen-bond donors (Lipinski definition) is 0. The van der Waals surface area contributed by atoms with Crippen LogP contribution < -0.4 is 4.74 Å². The van der Waals surface area contributed by atoms with Gasteiger partial charge in [-0.05, 0) is 12.1 Å². The lowest BCUT2D eigenvalue weighted by Gasteiger charge is -2.06. The van der Waals surface area contributed by atoms with E-state index in [0.29, 0.717) is 16.8 Å². The minimum atomic E-state index is -0.418. The number of aromatic nitrogens is 2. The molecule has 0 bridgehead atoms. The molecular weight excluding hydrogens is 208 g/mol. The molecule has 82 valence electrons. The first-order valence-electron chi connectivity index (χ1n) is 4.62. The van der Waals surface area contributed by atoms with Gasteiger partial charge in [-0.1, -0.05) is 0 Å². The second-order valence-electron chi connectivity index (χ2n) is 3.13. The number of esters is 1. The molecule has 0 spiro atoms. The Balaban J connectivity index is 2.68. The van der Waals surface area contributed by atoms with Crippen molar-refractivity contribution in [2.45, 2.75) is 0 Å². The highest BCUT2D eigenvalue weighted by atomic mass is 16.5. The summed E-state index contributed by atoms with van der Waals surface area (Å²) in [4.78, 5) is 19.4. The molecule has 0 saturated heterocycles. The molecule has 5 heteroatoms. The van der Waals surface area contributed by atoms with E-state index in [1.165, 1.54) is 20.5 Å². The fourth-order valence-corrected chi connectivity index (χ4v) is 1.46. The maximum Gasteiger partial charge on any atom is 0.338 e. The second kappa shape index (κ2) is 4.14. The van der Waals surface area contributed by atoms with E-state index in [9.17, 15) is 4.79 Å². The molecule has 1 heterocycles. The maximum atomic E-state index is 11.4. The predicted octanol–water partition coefficient (Wildman–Crippen LogP) is 1.43. The van der Waals surface area contributed by atoms with Crippen LogP contribution in [0.3, 0.4) is 0 Å². The van der Waals surface area contributed by atoms with Crippen molar-refractivity contribution in [3.63, 3.8) is 0 Å². The average Bonchev–Trinajstić information content (AvgIpc) is 2.36. The summed E-state index contributed by atoms with van der Waals surface area (Å²) in [7, 11) is 2.86. The molecule has 0 aliphatic rings. The molecule has 0 unspecified atom stereocenters. The number of hydrogen-bond acceptors (Lipinski definition) is 5. The molecule has 0 N–H and O–H groups in total. The Morgan fingerprint density at radius 1 is 1.31 bits per heavy atom. The van der Waals surface area contributed by atoms with Crippen LogP contribution in [0.4, 0.5) is 0 Å². The quantitative estimate of drug-likeness (QED) is 0.713. The van der Waals surface area contributed by atoms with E-state index >= 15 is 0 Å². The summed E-state index contributed by atoms with van der Waals surface area (Å²) in [6, 6.07) is 3.25. The fraction of sp³-hybridized carbons (Fsp3) is 0.182. The summed E-state index contributed by atoms with van der Waals surface area (Å²) in [6.45, 7) is 0. The van der Waals surface area contributed by atoms with Gasteiger partial charge in [0, 0.05) is 6.20 Å². The van der Waals surface area contributed by atoms with Crippen molar-refractivity contribution in [1.29, 1.82) is 0 Å². The predicted molar refractivity (Wildman–Crippen MR) is 57.4 cm³/mol. The monoisotopic (exact) mass is 218 g/mol. The van der Waals surface area contributed by atoms with Gasteiger partial charge in [0.2, 0.25) is 0 Å². The number of rotatable bonds is 2. The summed E-state index contributed by atoms with van der Waals surface area (Å²) < 4.78 is 9.82. The van der Waals surface area contributed by atoms with Crippen LogP contribution in [0.5, 0.6) is 5.75 Å². The zero-order valence-electron chi connectivity index (χ0n) is 8.93. The van der Waals surface area contributed by atoms with E-state index in [1.54, 1.807) is 18.3 Å². The van der Waals surface area contributed by atoms with Crippen molar-refractivity contribution in [1.82, 2.24) is 9.97 Å². The van der Waals surface area contributed by atoms with Gasteiger partial charge in [0.15, 0.2) is 0 Å². The zero-order chi connectivity index (χ0) is 11.5. The van der Waals surface area contributed by atoms with E-state index in [4.69, 9.17) is 4.74 Å². The molecule has 0 fully saturated rings. The molecule has 0 amide bonds. The van der Waals surface area contributed by atoms with Crippen LogP contribution in [0, 0.1) is 0 Å². The molecule has 2 aromatic rings. The molecule has 0 radical (unpaired) electrons. The highest BCUT2D eigenvalue weighted by Crippen LogP contribution is 2.25. The second-order valence-corrected chi connectivity index (χ2v) is 3.13. The molecule has 0 saturated carbocycles. The van der Waals surface area contributed by atoms with Crippen molar-refractivity contribution in [2.75, 3.05) is 14.2 Å². The highest BCUT2D eigenvalue weighted by molar-refractivity contribution is 5.96. The van der Waals surface area contributed by atoms with Gasteiger partial charge in [-0.2, -0.15) is 0 Å². The molecule has 0 aliphatic carbocycles. The lowest BCUT2D eigenvalue weighted by molar-refractivity contribution is 0.0600. The Morgan fingerprint density at radius 2 is 2.12 bits per heavy atom. The van der Waals surface area contributed by atoms with Crippen LogP contribution in [0.15, 0.2) is 24.7 Å². The zero-order valence-corrected chi connectivity index (χ0v) is 8.93. The lowest BCUT2D eigenvalue weighted by atomic mass is 10.1. The van der Waals surface area contributed by atoms with Crippen LogP contribution >= 0.6 is 0 Å². The van der Waals surface area contributed by atoms with E-state index in [0.717, 1.165) is 5.39 Å². The molecule has 1 aromatic carbocycles. The van der Waals surface area contributed by atoms with Crippen LogP contribution in [0.1, 0.15) is 10.4 Å². The third-order valence-electron chi connectivity index (χ3n) is 2.23. The first kappa shape index (κ1) is 10.4. The topological polar surface area (TPSA) is 61.3 Å². The van der Waals surface area contributed by atoms with Gasteiger partial charge < -0.3 is 9.47 Å². The van der Waals surface area contributed by atoms with Crippen LogP contribution in [0.25, 0.3) is 10.9 Å². The van der Waals surface area contributed by atoms with Crippen molar-refractivity contribution in [3.05, 3.63) is 30.2 Å². The molecule has 1 aromatic heterocycles. The average molecular weight is 218 g/mol. The minimum absolute atomic E-state index is 0.408. The van der Waals surface area contributed by atoms with Crippen molar-refractivity contribution >= 4 is 16.9 Å². The Kier molecular flexibility index (Phi) is 2.68. The van der Waals surface area contributed by atoms with Crippen LogP contribution in [-0.4, -0.2) is 30.2 Å². The smallest absolute Gasteiger partial charge is 0.338 e. The number of ether oxygens (including phenoxy) is 2. The number of carbonyl (C=O) groups excluding carboxylic acids is 1. The summed E-state index contributed by atoms with van der Waals surface area (Å²) >= 11 is 0. The van der Waals surface area contributed by atoms with Crippen LogP contribution in [-0.2, 0) is 4.74 Å². The van der Waals surface area contributed by atoms with Crippen molar-refractivity contribution in [3.8, 4) is 5.75 Å². The van der Waals surface area contributed by atoms with Gasteiger partial charge in [-0.3, -0.25) is 0 Å². The third-order valence-corrected chi connectivity index (χ3v) is 2.23. The van der Waals surface area contributed by atoms with Gasteiger partial charge in [0.1, 0.15) is 12.1 Å². The Labute approximate surface area is 92.0 Å². The summed E-state index contributed by atoms with van der Waals surface area (Å²) in [5.41, 5.74) is 1.06. The summed E-state index contributed by atoms with van der Waals surface area (Å²) in [5, 5.41) is 0.762. The minimum Gasteiger partial charge on any atom is -0.496 e. The largest absolute Gasteiger partial charge is 0.496 e. The summed E-state index contributed by atoms with van der Waals surface area (Å²) in [6.07, 6.45) is 3.06. The molecule has 2 rings (SSSR count). The van der Waals surface area contributed by atoms with E-state index in [1.807, 2.05) is 0 Å². The Bertz CT molecular complexity index is 540. The number of methoxy groups -OCH3 is 2. The van der Waals surface area contributed by atoms with Gasteiger partial charge >= 0.3 is 5.97 Å². The van der Waals surface area contributed by atoms with Crippen molar-refractivity contribution in [2.24, 2.45) is 0 Å². The SMILES string of the molecule is COC(=O)c1cc(OC)c2cncnc2c1. The van der Waals surface area contributed by atoms with Gasteiger partial charge in [0.25, 0.3) is 0 Å². The first-order valence-corrected chi connectivity index (χ1v) is 4.62. The Hall–Kier alpha value is -2.17. The van der Waals surface area contributed by atoms with Gasteiger partial charge in [-0.15, -0.1) is 0 Å². The number of fused-ring (bicyclic) bond motifs is 1. The number of benzene rings is 1. The standard InChI is InChI=1S/C11H10N2O3/c1-15-10-4-7(11(14)16-2)3-9-8(10)5-12-6-13-9/h3-6H,1-2H3. The van der Waals surface area contributed by atoms with E-state index in [-0.39, 0.29) is 0 Å². The molecule has 5 nitrogen and oxygen atoms in total. The molecular formula is C11H10N2O3. The van der Waals surface area contributed by atoms with Crippen molar-refractivity contribution < 1.29 is 14.3 Å². The van der Waals surface area contributed by atoms with E-state index < -0.39 is 5.97 Å². The first-order chi connectivity index (χ1) is 7.76. The lowest BCUT2D eigenvalue weighted by Crippen LogP contribution is -2.02. The maximum absolute atomic E-state index is 11.4.